The number of hydrogen-bond donors (Lipinski definition) is 2. The fraction of sp³-hybridized carbons (Fsp3) is 0.900. The molecule has 1 aliphatic carbocycles. The lowest BCUT2D eigenvalue weighted by molar-refractivity contribution is -0.122. The Morgan fingerprint density at radius 2 is 2.38 bits per heavy atom. The van der Waals surface area contributed by atoms with Crippen molar-refractivity contribution in [2.75, 3.05) is 13.1 Å². The standard InChI is InChI=1S/C10H18N2O/c1-7-4-9(7)12-10(13)5-8-2-3-11-6-8/h7-9,11H,2-6H2,1H3,(H,12,13). The maximum absolute atomic E-state index is 11.5. The predicted octanol–water partition coefficient (Wildman–Crippen LogP) is 0.511. The molecule has 2 N–H and O–H groups in total. The van der Waals surface area contributed by atoms with Crippen LogP contribution >= 0.6 is 0 Å². The Morgan fingerprint density at radius 1 is 1.62 bits per heavy atom. The van der Waals surface area contributed by atoms with Crippen LogP contribution in [0.2, 0.25) is 0 Å². The number of rotatable bonds is 3. The van der Waals surface area contributed by atoms with Gasteiger partial charge in [0.1, 0.15) is 0 Å². The van der Waals surface area contributed by atoms with E-state index in [1.165, 1.54) is 6.42 Å². The van der Waals surface area contributed by atoms with Crippen LogP contribution in [-0.2, 0) is 4.79 Å². The molecule has 1 heterocycles. The van der Waals surface area contributed by atoms with Crippen molar-refractivity contribution >= 4 is 5.91 Å². The Hall–Kier alpha value is -0.570. The van der Waals surface area contributed by atoms with Crippen molar-refractivity contribution in [2.45, 2.75) is 32.2 Å². The van der Waals surface area contributed by atoms with E-state index < -0.39 is 0 Å². The Morgan fingerprint density at radius 3 is 2.92 bits per heavy atom. The molecule has 1 amide bonds. The topological polar surface area (TPSA) is 41.1 Å². The zero-order valence-electron chi connectivity index (χ0n) is 8.18. The van der Waals surface area contributed by atoms with E-state index in [2.05, 4.69) is 17.6 Å². The number of nitrogens with one attached hydrogen (secondary N) is 2. The molecule has 1 saturated carbocycles. The summed E-state index contributed by atoms with van der Waals surface area (Å²) in [4.78, 5) is 11.5. The summed E-state index contributed by atoms with van der Waals surface area (Å²) in [5, 5.41) is 6.34. The van der Waals surface area contributed by atoms with Crippen molar-refractivity contribution < 1.29 is 4.79 Å². The number of amides is 1. The summed E-state index contributed by atoms with van der Waals surface area (Å²) in [6, 6.07) is 0.488. The molecule has 0 bridgehead atoms. The van der Waals surface area contributed by atoms with E-state index in [0.717, 1.165) is 25.9 Å². The minimum Gasteiger partial charge on any atom is -0.353 e. The molecule has 1 saturated heterocycles. The van der Waals surface area contributed by atoms with E-state index in [9.17, 15) is 4.79 Å². The van der Waals surface area contributed by atoms with Crippen LogP contribution in [0.1, 0.15) is 26.2 Å². The molecule has 74 valence electrons. The second kappa shape index (κ2) is 3.66. The minimum atomic E-state index is 0.253. The fourth-order valence-electron chi connectivity index (χ4n) is 1.94. The van der Waals surface area contributed by atoms with Crippen LogP contribution in [0.15, 0.2) is 0 Å². The van der Waals surface area contributed by atoms with Gasteiger partial charge in [-0.3, -0.25) is 4.79 Å². The number of carbonyl (C=O) groups excluding carboxylic acids is 1. The molecule has 3 atom stereocenters. The minimum absolute atomic E-state index is 0.253. The van der Waals surface area contributed by atoms with Crippen molar-refractivity contribution in [1.29, 1.82) is 0 Å². The highest BCUT2D eigenvalue weighted by Crippen LogP contribution is 2.29. The van der Waals surface area contributed by atoms with Gasteiger partial charge in [-0.05, 0) is 37.8 Å². The third kappa shape index (κ3) is 2.44. The van der Waals surface area contributed by atoms with Crippen LogP contribution in [0, 0.1) is 11.8 Å². The van der Waals surface area contributed by atoms with Gasteiger partial charge in [0.15, 0.2) is 0 Å². The number of hydrogen-bond acceptors (Lipinski definition) is 2. The first-order valence-corrected chi connectivity index (χ1v) is 5.26. The van der Waals surface area contributed by atoms with Crippen molar-refractivity contribution in [3.63, 3.8) is 0 Å². The lowest BCUT2D eigenvalue weighted by Crippen LogP contribution is -2.28. The molecule has 1 aliphatic heterocycles. The molecule has 2 aliphatic rings. The highest BCUT2D eigenvalue weighted by Gasteiger charge is 2.34. The van der Waals surface area contributed by atoms with E-state index >= 15 is 0 Å². The maximum atomic E-state index is 11.5. The lowest BCUT2D eigenvalue weighted by Gasteiger charge is -2.08. The normalized spacial score (nSPS) is 37.5. The molecule has 2 fully saturated rings. The van der Waals surface area contributed by atoms with Crippen LogP contribution in [-0.4, -0.2) is 25.0 Å². The lowest BCUT2D eigenvalue weighted by atomic mass is 10.0. The molecule has 13 heavy (non-hydrogen) atoms. The summed E-state index contributed by atoms with van der Waals surface area (Å²) in [5.74, 6) is 1.54. The molecule has 3 nitrogen and oxygen atoms in total. The molecule has 2 rings (SSSR count). The van der Waals surface area contributed by atoms with E-state index in [4.69, 9.17) is 0 Å². The van der Waals surface area contributed by atoms with Crippen molar-refractivity contribution in [3.05, 3.63) is 0 Å². The third-order valence-corrected chi connectivity index (χ3v) is 3.09. The number of carbonyl (C=O) groups is 1. The molecular formula is C10H18N2O. The van der Waals surface area contributed by atoms with E-state index in [1.807, 2.05) is 0 Å². The zero-order chi connectivity index (χ0) is 9.26. The van der Waals surface area contributed by atoms with Gasteiger partial charge in [0.25, 0.3) is 0 Å². The van der Waals surface area contributed by atoms with Crippen molar-refractivity contribution in [1.82, 2.24) is 10.6 Å². The molecule has 0 radical (unpaired) electrons. The summed E-state index contributed by atoms with van der Waals surface area (Å²) in [6.45, 7) is 4.29. The average Bonchev–Trinajstić information content (AvgIpc) is 2.61. The summed E-state index contributed by atoms with van der Waals surface area (Å²) in [7, 11) is 0. The van der Waals surface area contributed by atoms with Gasteiger partial charge in [-0.25, -0.2) is 0 Å². The average molecular weight is 182 g/mol. The Kier molecular flexibility index (Phi) is 2.54. The smallest absolute Gasteiger partial charge is 0.220 e. The monoisotopic (exact) mass is 182 g/mol. The molecular weight excluding hydrogens is 164 g/mol. The van der Waals surface area contributed by atoms with Gasteiger partial charge in [0, 0.05) is 12.5 Å². The fourth-order valence-corrected chi connectivity index (χ4v) is 1.94. The van der Waals surface area contributed by atoms with Gasteiger partial charge < -0.3 is 10.6 Å². The second-order valence-corrected chi connectivity index (χ2v) is 4.45. The second-order valence-electron chi connectivity index (χ2n) is 4.45. The quantitative estimate of drug-likeness (QED) is 0.667. The van der Waals surface area contributed by atoms with Crippen LogP contribution in [0.5, 0.6) is 0 Å². The molecule has 0 aromatic rings. The summed E-state index contributed by atoms with van der Waals surface area (Å²) in [5.41, 5.74) is 0. The molecule has 0 aromatic carbocycles. The Bertz CT molecular complexity index is 199. The predicted molar refractivity (Wildman–Crippen MR) is 51.3 cm³/mol. The Balaban J connectivity index is 1.66. The van der Waals surface area contributed by atoms with Crippen molar-refractivity contribution in [2.24, 2.45) is 11.8 Å². The van der Waals surface area contributed by atoms with Crippen LogP contribution in [0.3, 0.4) is 0 Å². The zero-order valence-corrected chi connectivity index (χ0v) is 8.18. The van der Waals surface area contributed by atoms with Gasteiger partial charge in [-0.1, -0.05) is 6.92 Å². The van der Waals surface area contributed by atoms with E-state index in [-0.39, 0.29) is 5.91 Å². The summed E-state index contributed by atoms with van der Waals surface area (Å²) >= 11 is 0. The molecule has 3 unspecified atom stereocenters. The summed E-state index contributed by atoms with van der Waals surface area (Å²) in [6.07, 6.45) is 3.05. The van der Waals surface area contributed by atoms with Crippen molar-refractivity contribution in [3.8, 4) is 0 Å². The first-order chi connectivity index (χ1) is 6.25. The largest absolute Gasteiger partial charge is 0.353 e. The first kappa shape index (κ1) is 9.00. The highest BCUT2D eigenvalue weighted by molar-refractivity contribution is 5.76. The Labute approximate surface area is 79.3 Å². The van der Waals surface area contributed by atoms with Gasteiger partial charge in [-0.15, -0.1) is 0 Å². The highest BCUT2D eigenvalue weighted by atomic mass is 16.1. The van der Waals surface area contributed by atoms with Gasteiger partial charge in [0.05, 0.1) is 0 Å². The van der Waals surface area contributed by atoms with Crippen LogP contribution in [0.4, 0.5) is 0 Å². The SMILES string of the molecule is CC1CC1NC(=O)CC1CCNC1. The molecule has 3 heteroatoms. The summed E-state index contributed by atoms with van der Waals surface area (Å²) < 4.78 is 0. The van der Waals surface area contributed by atoms with Gasteiger partial charge in [-0.2, -0.15) is 0 Å². The van der Waals surface area contributed by atoms with E-state index in [1.54, 1.807) is 0 Å². The molecule has 0 spiro atoms. The third-order valence-electron chi connectivity index (χ3n) is 3.09. The van der Waals surface area contributed by atoms with Crippen LogP contribution < -0.4 is 10.6 Å². The van der Waals surface area contributed by atoms with Crippen LogP contribution in [0.25, 0.3) is 0 Å². The van der Waals surface area contributed by atoms with Gasteiger partial charge in [0.2, 0.25) is 5.91 Å². The van der Waals surface area contributed by atoms with Gasteiger partial charge >= 0.3 is 0 Å². The maximum Gasteiger partial charge on any atom is 0.220 e. The molecule has 0 aromatic heterocycles. The van der Waals surface area contributed by atoms with E-state index in [0.29, 0.717) is 17.9 Å². The first-order valence-electron chi connectivity index (χ1n) is 5.26.